The Balaban J connectivity index is 1.77. The standard InChI is InChI=1S/C18H28N2O/c1-18(2,3)17-12-19-9-10-20(17)13-16-15-7-5-4-6-14(15)8-11-21-16/h4-7,16-17,19H,8-13H2,1-3H3. The molecule has 0 aromatic heterocycles. The van der Waals surface area contributed by atoms with Gasteiger partial charge >= 0.3 is 0 Å². The highest BCUT2D eigenvalue weighted by atomic mass is 16.5. The van der Waals surface area contributed by atoms with Gasteiger partial charge in [-0.2, -0.15) is 0 Å². The van der Waals surface area contributed by atoms with Gasteiger partial charge in [-0.05, 0) is 23.0 Å². The molecule has 1 fully saturated rings. The number of nitrogens with zero attached hydrogens (tertiary/aromatic N) is 1. The van der Waals surface area contributed by atoms with E-state index in [0.29, 0.717) is 11.5 Å². The van der Waals surface area contributed by atoms with Gasteiger partial charge in [-0.25, -0.2) is 0 Å². The van der Waals surface area contributed by atoms with Gasteiger partial charge in [0, 0.05) is 32.2 Å². The number of ether oxygens (including phenoxy) is 1. The van der Waals surface area contributed by atoms with E-state index in [0.717, 1.165) is 39.2 Å². The zero-order valence-corrected chi connectivity index (χ0v) is 13.6. The summed E-state index contributed by atoms with van der Waals surface area (Å²) in [6.45, 7) is 12.2. The van der Waals surface area contributed by atoms with E-state index in [-0.39, 0.29) is 6.10 Å². The van der Waals surface area contributed by atoms with Crippen LogP contribution in [-0.4, -0.2) is 43.7 Å². The SMILES string of the molecule is CC(C)(C)C1CNCCN1CC1OCCc2ccccc21. The van der Waals surface area contributed by atoms with Crippen LogP contribution < -0.4 is 5.32 Å². The van der Waals surface area contributed by atoms with Crippen LogP contribution in [0.15, 0.2) is 24.3 Å². The minimum Gasteiger partial charge on any atom is -0.372 e. The van der Waals surface area contributed by atoms with Gasteiger partial charge in [0.1, 0.15) is 0 Å². The normalized spacial score (nSPS) is 27.4. The van der Waals surface area contributed by atoms with Crippen molar-refractivity contribution in [2.24, 2.45) is 5.41 Å². The molecule has 2 unspecified atom stereocenters. The molecule has 0 spiro atoms. The van der Waals surface area contributed by atoms with E-state index in [1.54, 1.807) is 0 Å². The zero-order chi connectivity index (χ0) is 14.9. The number of nitrogens with one attached hydrogen (secondary N) is 1. The van der Waals surface area contributed by atoms with E-state index in [2.05, 4.69) is 55.3 Å². The van der Waals surface area contributed by atoms with E-state index >= 15 is 0 Å². The van der Waals surface area contributed by atoms with Crippen LogP contribution in [0.1, 0.15) is 38.0 Å². The highest BCUT2D eigenvalue weighted by molar-refractivity contribution is 5.31. The van der Waals surface area contributed by atoms with Crippen LogP contribution in [0.25, 0.3) is 0 Å². The average Bonchev–Trinajstić information content (AvgIpc) is 2.47. The third-order valence-corrected chi connectivity index (χ3v) is 4.85. The average molecular weight is 288 g/mol. The molecule has 1 aromatic carbocycles. The van der Waals surface area contributed by atoms with Crippen LogP contribution in [0, 0.1) is 5.41 Å². The highest BCUT2D eigenvalue weighted by Crippen LogP contribution is 2.31. The first-order chi connectivity index (χ1) is 10.1. The van der Waals surface area contributed by atoms with Crippen molar-refractivity contribution in [1.82, 2.24) is 10.2 Å². The Morgan fingerprint density at radius 3 is 2.90 bits per heavy atom. The third kappa shape index (κ3) is 3.31. The molecule has 1 N–H and O–H groups in total. The molecular formula is C18H28N2O. The fraction of sp³-hybridized carbons (Fsp3) is 0.667. The molecule has 0 radical (unpaired) electrons. The van der Waals surface area contributed by atoms with Gasteiger partial charge in [0.05, 0.1) is 12.7 Å². The number of fused-ring (bicyclic) bond motifs is 1. The smallest absolute Gasteiger partial charge is 0.0954 e. The minimum absolute atomic E-state index is 0.234. The van der Waals surface area contributed by atoms with Gasteiger partial charge in [-0.1, -0.05) is 45.0 Å². The molecule has 0 aliphatic carbocycles. The van der Waals surface area contributed by atoms with Gasteiger partial charge in [0.2, 0.25) is 0 Å². The number of hydrogen-bond donors (Lipinski definition) is 1. The van der Waals surface area contributed by atoms with Gasteiger partial charge in [0.25, 0.3) is 0 Å². The predicted octanol–water partition coefficient (Wildman–Crippen LogP) is 2.62. The molecule has 3 nitrogen and oxygen atoms in total. The minimum atomic E-state index is 0.234. The maximum atomic E-state index is 6.11. The molecule has 0 amide bonds. The zero-order valence-electron chi connectivity index (χ0n) is 13.6. The monoisotopic (exact) mass is 288 g/mol. The van der Waals surface area contributed by atoms with Crippen LogP contribution in [0.2, 0.25) is 0 Å². The van der Waals surface area contributed by atoms with Gasteiger partial charge in [0.15, 0.2) is 0 Å². The summed E-state index contributed by atoms with van der Waals surface area (Å²) in [5.74, 6) is 0. The Hall–Kier alpha value is -0.900. The second kappa shape index (κ2) is 6.07. The lowest BCUT2D eigenvalue weighted by Gasteiger charge is -2.45. The first-order valence-electron chi connectivity index (χ1n) is 8.20. The van der Waals surface area contributed by atoms with Crippen molar-refractivity contribution in [3.63, 3.8) is 0 Å². The molecule has 2 aliphatic rings. The molecule has 2 atom stereocenters. The van der Waals surface area contributed by atoms with Crippen molar-refractivity contribution in [3.8, 4) is 0 Å². The van der Waals surface area contributed by atoms with Crippen LogP contribution in [0.4, 0.5) is 0 Å². The lowest BCUT2D eigenvalue weighted by Crippen LogP contribution is -2.57. The molecule has 3 heteroatoms. The van der Waals surface area contributed by atoms with Crippen molar-refractivity contribution >= 4 is 0 Å². The van der Waals surface area contributed by atoms with E-state index in [1.165, 1.54) is 11.1 Å². The quantitative estimate of drug-likeness (QED) is 0.905. The molecule has 1 aromatic rings. The molecule has 2 heterocycles. The molecule has 2 aliphatic heterocycles. The molecule has 0 bridgehead atoms. The Morgan fingerprint density at radius 2 is 2.10 bits per heavy atom. The Morgan fingerprint density at radius 1 is 1.29 bits per heavy atom. The van der Waals surface area contributed by atoms with Crippen LogP contribution in [0.3, 0.4) is 0 Å². The van der Waals surface area contributed by atoms with Gasteiger partial charge in [-0.3, -0.25) is 4.90 Å². The summed E-state index contributed by atoms with van der Waals surface area (Å²) in [5, 5.41) is 3.55. The first-order valence-corrected chi connectivity index (χ1v) is 8.20. The number of piperazine rings is 1. The number of rotatable bonds is 2. The van der Waals surface area contributed by atoms with Gasteiger partial charge in [-0.15, -0.1) is 0 Å². The predicted molar refractivity (Wildman–Crippen MR) is 86.5 cm³/mol. The van der Waals surface area contributed by atoms with Crippen molar-refractivity contribution in [2.75, 3.05) is 32.8 Å². The molecule has 116 valence electrons. The number of hydrogen-bond acceptors (Lipinski definition) is 3. The second-order valence-corrected chi connectivity index (χ2v) is 7.39. The molecule has 3 rings (SSSR count). The summed E-state index contributed by atoms with van der Waals surface area (Å²) in [7, 11) is 0. The summed E-state index contributed by atoms with van der Waals surface area (Å²) in [4.78, 5) is 2.63. The van der Waals surface area contributed by atoms with Gasteiger partial charge < -0.3 is 10.1 Å². The Kier molecular flexibility index (Phi) is 4.34. The van der Waals surface area contributed by atoms with Crippen molar-refractivity contribution in [1.29, 1.82) is 0 Å². The summed E-state index contributed by atoms with van der Waals surface area (Å²) in [6, 6.07) is 9.35. The highest BCUT2D eigenvalue weighted by Gasteiger charge is 2.34. The first kappa shape index (κ1) is 15.0. The summed E-state index contributed by atoms with van der Waals surface area (Å²) < 4.78 is 6.11. The van der Waals surface area contributed by atoms with E-state index in [1.807, 2.05) is 0 Å². The third-order valence-electron chi connectivity index (χ3n) is 4.85. The maximum absolute atomic E-state index is 6.11. The van der Waals surface area contributed by atoms with Crippen LogP contribution >= 0.6 is 0 Å². The molecule has 0 saturated carbocycles. The summed E-state index contributed by atoms with van der Waals surface area (Å²) >= 11 is 0. The van der Waals surface area contributed by atoms with E-state index < -0.39 is 0 Å². The lowest BCUT2D eigenvalue weighted by molar-refractivity contribution is -0.0165. The Bertz CT molecular complexity index is 480. The maximum Gasteiger partial charge on any atom is 0.0954 e. The molecular weight excluding hydrogens is 260 g/mol. The second-order valence-electron chi connectivity index (χ2n) is 7.39. The molecule has 21 heavy (non-hydrogen) atoms. The number of benzene rings is 1. The van der Waals surface area contributed by atoms with Crippen LogP contribution in [-0.2, 0) is 11.2 Å². The fourth-order valence-corrected chi connectivity index (χ4v) is 3.66. The van der Waals surface area contributed by atoms with Crippen LogP contribution in [0.5, 0.6) is 0 Å². The summed E-state index contributed by atoms with van der Waals surface area (Å²) in [6.07, 6.45) is 1.29. The van der Waals surface area contributed by atoms with Crippen molar-refractivity contribution in [2.45, 2.75) is 39.3 Å². The van der Waals surface area contributed by atoms with Crippen molar-refractivity contribution < 1.29 is 4.74 Å². The Labute approximate surface area is 128 Å². The van der Waals surface area contributed by atoms with E-state index in [4.69, 9.17) is 4.74 Å². The van der Waals surface area contributed by atoms with E-state index in [9.17, 15) is 0 Å². The lowest BCUT2D eigenvalue weighted by atomic mass is 9.84. The topological polar surface area (TPSA) is 24.5 Å². The largest absolute Gasteiger partial charge is 0.372 e. The summed E-state index contributed by atoms with van der Waals surface area (Å²) in [5.41, 5.74) is 3.16. The molecule has 1 saturated heterocycles. The fourth-order valence-electron chi connectivity index (χ4n) is 3.66. The van der Waals surface area contributed by atoms with Crippen molar-refractivity contribution in [3.05, 3.63) is 35.4 Å².